The topological polar surface area (TPSA) is 71.7 Å². The number of ether oxygens (including phenoxy) is 1. The first-order chi connectivity index (χ1) is 14.8. The highest BCUT2D eigenvalue weighted by molar-refractivity contribution is 5.94. The van der Waals surface area contributed by atoms with E-state index < -0.39 is 0 Å². The Balaban J connectivity index is 1.17. The SMILES string of the molecule is O=C(c1cccc(OC2CCN(Cc3cccc4nonc34)CC2)c1)N1CCCC1. The molecule has 0 spiro atoms. The van der Waals surface area contributed by atoms with Gasteiger partial charge >= 0.3 is 0 Å². The lowest BCUT2D eigenvalue weighted by Crippen LogP contribution is -2.37. The second kappa shape index (κ2) is 8.44. The fourth-order valence-electron chi connectivity index (χ4n) is 4.41. The molecule has 0 bridgehead atoms. The minimum atomic E-state index is 0.115. The third-order valence-electron chi connectivity index (χ3n) is 6.08. The smallest absolute Gasteiger partial charge is 0.253 e. The van der Waals surface area contributed by atoms with Crippen LogP contribution >= 0.6 is 0 Å². The number of hydrogen-bond acceptors (Lipinski definition) is 6. The molecule has 5 rings (SSSR count). The predicted octanol–water partition coefficient (Wildman–Crippen LogP) is 3.50. The highest BCUT2D eigenvalue weighted by atomic mass is 16.6. The van der Waals surface area contributed by atoms with Crippen molar-refractivity contribution in [1.82, 2.24) is 20.1 Å². The van der Waals surface area contributed by atoms with Gasteiger partial charge in [0.15, 0.2) is 0 Å². The quantitative estimate of drug-likeness (QED) is 0.646. The van der Waals surface area contributed by atoms with Crippen LogP contribution in [0.15, 0.2) is 47.1 Å². The minimum Gasteiger partial charge on any atom is -0.490 e. The van der Waals surface area contributed by atoms with Crippen LogP contribution < -0.4 is 4.74 Å². The van der Waals surface area contributed by atoms with Crippen molar-refractivity contribution in [2.45, 2.75) is 38.3 Å². The number of carbonyl (C=O) groups is 1. The van der Waals surface area contributed by atoms with Crippen molar-refractivity contribution in [3.8, 4) is 5.75 Å². The number of piperidine rings is 1. The first-order valence-electron chi connectivity index (χ1n) is 10.7. The predicted molar refractivity (Wildman–Crippen MR) is 112 cm³/mol. The normalized spacial score (nSPS) is 18.2. The zero-order chi connectivity index (χ0) is 20.3. The van der Waals surface area contributed by atoms with E-state index >= 15 is 0 Å². The first-order valence-corrected chi connectivity index (χ1v) is 10.7. The van der Waals surface area contributed by atoms with Crippen LogP contribution in [0.25, 0.3) is 11.0 Å². The molecule has 2 aliphatic rings. The van der Waals surface area contributed by atoms with Crippen LogP contribution in [0.2, 0.25) is 0 Å². The van der Waals surface area contributed by atoms with Gasteiger partial charge in [-0.2, -0.15) is 0 Å². The molecule has 0 saturated carbocycles. The van der Waals surface area contributed by atoms with E-state index in [0.29, 0.717) is 0 Å². The van der Waals surface area contributed by atoms with E-state index in [2.05, 4.69) is 21.3 Å². The molecule has 7 heteroatoms. The van der Waals surface area contributed by atoms with Crippen LogP contribution in [0, 0.1) is 0 Å². The summed E-state index contributed by atoms with van der Waals surface area (Å²) in [5, 5.41) is 7.96. The van der Waals surface area contributed by atoms with Gasteiger partial charge < -0.3 is 9.64 Å². The maximum atomic E-state index is 12.6. The van der Waals surface area contributed by atoms with Crippen molar-refractivity contribution in [1.29, 1.82) is 0 Å². The van der Waals surface area contributed by atoms with E-state index in [-0.39, 0.29) is 12.0 Å². The Labute approximate surface area is 175 Å². The summed E-state index contributed by atoms with van der Waals surface area (Å²) in [7, 11) is 0. The average Bonchev–Trinajstić information content (AvgIpc) is 3.47. The van der Waals surface area contributed by atoms with E-state index in [9.17, 15) is 4.79 Å². The van der Waals surface area contributed by atoms with E-state index in [1.54, 1.807) is 0 Å². The van der Waals surface area contributed by atoms with Crippen LogP contribution in [0.3, 0.4) is 0 Å². The highest BCUT2D eigenvalue weighted by Gasteiger charge is 2.23. The number of benzene rings is 2. The van der Waals surface area contributed by atoms with Crippen molar-refractivity contribution < 1.29 is 14.2 Å². The second-order valence-electron chi connectivity index (χ2n) is 8.17. The maximum Gasteiger partial charge on any atom is 0.253 e. The zero-order valence-corrected chi connectivity index (χ0v) is 17.0. The molecule has 0 aliphatic carbocycles. The molecule has 7 nitrogen and oxygen atoms in total. The summed E-state index contributed by atoms with van der Waals surface area (Å²) < 4.78 is 11.1. The molecule has 156 valence electrons. The lowest BCUT2D eigenvalue weighted by atomic mass is 10.1. The summed E-state index contributed by atoms with van der Waals surface area (Å²) in [5.41, 5.74) is 3.51. The standard InChI is InChI=1S/C23H26N4O3/c28-23(27-11-1-2-12-27)17-5-3-7-20(15-17)29-19-9-13-26(14-10-19)16-18-6-4-8-21-22(18)25-30-24-21/h3-8,15,19H,1-2,9-14,16H2. The van der Waals surface area contributed by atoms with Gasteiger partial charge in [0.1, 0.15) is 22.9 Å². The summed E-state index contributed by atoms with van der Waals surface area (Å²) >= 11 is 0. The Hall–Kier alpha value is -2.93. The fraction of sp³-hybridized carbons (Fsp3) is 0.435. The van der Waals surface area contributed by atoms with Crippen molar-refractivity contribution in [3.05, 3.63) is 53.6 Å². The molecule has 2 saturated heterocycles. The second-order valence-corrected chi connectivity index (χ2v) is 8.17. The van der Waals surface area contributed by atoms with Gasteiger partial charge in [0.25, 0.3) is 5.91 Å². The molecule has 0 atom stereocenters. The Morgan fingerprint density at radius 1 is 1.03 bits per heavy atom. The number of likely N-dealkylation sites (tertiary alicyclic amines) is 2. The number of hydrogen-bond donors (Lipinski definition) is 0. The summed E-state index contributed by atoms with van der Waals surface area (Å²) in [6.07, 6.45) is 4.28. The van der Waals surface area contributed by atoms with Gasteiger partial charge in [-0.1, -0.05) is 18.2 Å². The molecule has 3 aromatic rings. The monoisotopic (exact) mass is 406 g/mol. The van der Waals surface area contributed by atoms with Crippen molar-refractivity contribution in [3.63, 3.8) is 0 Å². The molecule has 1 aromatic heterocycles. The Kier molecular flexibility index (Phi) is 5.36. The minimum absolute atomic E-state index is 0.115. The molecule has 30 heavy (non-hydrogen) atoms. The number of rotatable bonds is 5. The molecule has 1 amide bonds. The van der Waals surface area contributed by atoms with Crippen molar-refractivity contribution in [2.75, 3.05) is 26.2 Å². The summed E-state index contributed by atoms with van der Waals surface area (Å²) in [4.78, 5) is 17.0. The van der Waals surface area contributed by atoms with Crippen LogP contribution in [-0.4, -0.2) is 58.3 Å². The molecule has 2 aromatic carbocycles. The van der Waals surface area contributed by atoms with Crippen LogP contribution in [0.5, 0.6) is 5.75 Å². The fourth-order valence-corrected chi connectivity index (χ4v) is 4.41. The summed E-state index contributed by atoms with van der Waals surface area (Å²) in [6, 6.07) is 13.6. The Bertz CT molecular complexity index is 1020. The zero-order valence-electron chi connectivity index (χ0n) is 17.0. The van der Waals surface area contributed by atoms with Crippen molar-refractivity contribution >= 4 is 16.9 Å². The molecule has 0 unspecified atom stereocenters. The lowest BCUT2D eigenvalue weighted by Gasteiger charge is -2.32. The molecular weight excluding hydrogens is 380 g/mol. The third-order valence-corrected chi connectivity index (χ3v) is 6.08. The average molecular weight is 406 g/mol. The molecule has 0 radical (unpaired) electrons. The van der Waals surface area contributed by atoms with E-state index in [1.807, 2.05) is 41.3 Å². The van der Waals surface area contributed by atoms with Gasteiger partial charge in [0.2, 0.25) is 0 Å². The van der Waals surface area contributed by atoms with Crippen LogP contribution in [0.4, 0.5) is 0 Å². The van der Waals surface area contributed by atoms with Crippen LogP contribution in [0.1, 0.15) is 41.6 Å². The Morgan fingerprint density at radius 2 is 1.83 bits per heavy atom. The number of nitrogens with zero attached hydrogens (tertiary/aromatic N) is 4. The van der Waals surface area contributed by atoms with E-state index in [1.165, 1.54) is 0 Å². The lowest BCUT2D eigenvalue weighted by molar-refractivity contribution is 0.0789. The van der Waals surface area contributed by atoms with Crippen molar-refractivity contribution in [2.24, 2.45) is 0 Å². The van der Waals surface area contributed by atoms with E-state index in [4.69, 9.17) is 9.37 Å². The maximum absolute atomic E-state index is 12.6. The summed E-state index contributed by atoms with van der Waals surface area (Å²) in [5.74, 6) is 0.904. The highest BCUT2D eigenvalue weighted by Crippen LogP contribution is 2.24. The number of fused-ring (bicyclic) bond motifs is 1. The molecule has 2 aliphatic heterocycles. The largest absolute Gasteiger partial charge is 0.490 e. The van der Waals surface area contributed by atoms with Gasteiger partial charge in [-0.05, 0) is 65.8 Å². The number of carbonyl (C=O) groups excluding carboxylic acids is 1. The van der Waals surface area contributed by atoms with Gasteiger partial charge in [-0.25, -0.2) is 4.63 Å². The van der Waals surface area contributed by atoms with Gasteiger partial charge in [0.05, 0.1) is 0 Å². The molecular formula is C23H26N4O3. The third kappa shape index (κ3) is 4.03. The molecule has 2 fully saturated rings. The van der Waals surface area contributed by atoms with Gasteiger partial charge in [-0.15, -0.1) is 0 Å². The molecule has 3 heterocycles. The Morgan fingerprint density at radius 3 is 2.67 bits per heavy atom. The number of aromatic nitrogens is 2. The first kappa shape index (κ1) is 19.1. The van der Waals surface area contributed by atoms with Crippen LogP contribution in [-0.2, 0) is 6.54 Å². The van der Waals surface area contributed by atoms with Gasteiger partial charge in [-0.3, -0.25) is 9.69 Å². The van der Waals surface area contributed by atoms with Gasteiger partial charge in [0, 0.05) is 38.3 Å². The number of amides is 1. The summed E-state index contributed by atoms with van der Waals surface area (Å²) in [6.45, 7) is 4.47. The molecule has 0 N–H and O–H groups in total. The van der Waals surface area contributed by atoms with E-state index in [0.717, 1.165) is 86.3 Å².